The molecule has 0 saturated carbocycles. The Kier molecular flexibility index (Phi) is 6.35. The minimum Gasteiger partial charge on any atom is -0.507 e. The summed E-state index contributed by atoms with van der Waals surface area (Å²) in [6.45, 7) is 1.51. The zero-order chi connectivity index (χ0) is 24.6. The maximum Gasteiger partial charge on any atom is 0.416 e. The number of methoxy groups -OCH3 is 2. The van der Waals surface area contributed by atoms with Crippen molar-refractivity contribution in [2.75, 3.05) is 14.2 Å². The lowest BCUT2D eigenvalue weighted by Gasteiger charge is -2.18. The number of nitrogens with zero attached hydrogens (tertiary/aromatic N) is 1. The highest BCUT2D eigenvalue weighted by Gasteiger charge is 2.33. The van der Waals surface area contributed by atoms with Crippen molar-refractivity contribution in [1.29, 1.82) is 0 Å². The first-order chi connectivity index (χ1) is 16.1. The van der Waals surface area contributed by atoms with Crippen LogP contribution in [0.2, 0.25) is 0 Å². The van der Waals surface area contributed by atoms with Crippen molar-refractivity contribution in [3.8, 4) is 17.2 Å². The van der Waals surface area contributed by atoms with E-state index < -0.39 is 17.4 Å². The van der Waals surface area contributed by atoms with Crippen LogP contribution in [0.5, 0.6) is 17.2 Å². The van der Waals surface area contributed by atoms with E-state index in [4.69, 9.17) is 13.9 Å². The number of aromatic hydroxyl groups is 1. The minimum atomic E-state index is -4.56. The quantitative estimate of drug-likeness (QED) is 0.479. The van der Waals surface area contributed by atoms with E-state index in [-0.39, 0.29) is 40.1 Å². The number of hydrogen-bond donors (Lipinski definition) is 1. The molecule has 1 unspecified atom stereocenters. The lowest BCUT2D eigenvalue weighted by molar-refractivity contribution is -0.137. The van der Waals surface area contributed by atoms with E-state index in [1.165, 1.54) is 45.0 Å². The average Bonchev–Trinajstić information content (AvgIpc) is 2.96. The summed E-state index contributed by atoms with van der Waals surface area (Å²) in [6, 6.07) is 9.86. The molecule has 0 saturated heterocycles. The molecule has 1 aliphatic heterocycles. The van der Waals surface area contributed by atoms with Gasteiger partial charge in [0.1, 0.15) is 17.1 Å². The molecule has 0 amide bonds. The summed E-state index contributed by atoms with van der Waals surface area (Å²) in [7, 11) is 3.01. The fraction of sp³-hybridized carbons (Fsp3) is 0.250. The van der Waals surface area contributed by atoms with Gasteiger partial charge >= 0.3 is 11.8 Å². The third-order valence-corrected chi connectivity index (χ3v) is 6.63. The second-order valence-corrected chi connectivity index (χ2v) is 8.81. The van der Waals surface area contributed by atoms with Crippen LogP contribution in [0.1, 0.15) is 34.1 Å². The Morgan fingerprint density at radius 2 is 1.82 bits per heavy atom. The molecule has 2 heterocycles. The third kappa shape index (κ3) is 4.63. The molecular weight excluding hydrogens is 471 g/mol. The molecule has 1 aromatic heterocycles. The van der Waals surface area contributed by atoms with E-state index in [9.17, 15) is 23.1 Å². The Morgan fingerprint density at radius 1 is 1.09 bits per heavy atom. The fourth-order valence-electron chi connectivity index (χ4n) is 3.70. The first-order valence-corrected chi connectivity index (χ1v) is 11.0. The minimum absolute atomic E-state index is 0.0529. The molecule has 6 nitrogen and oxygen atoms in total. The van der Waals surface area contributed by atoms with Gasteiger partial charge in [0, 0.05) is 22.6 Å². The van der Waals surface area contributed by atoms with Gasteiger partial charge in [-0.05, 0) is 42.8 Å². The Bertz CT molecular complexity index is 1330. The molecule has 0 radical (unpaired) electrons. The number of thioether (sulfide) groups is 1. The molecule has 1 atom stereocenters. The van der Waals surface area contributed by atoms with Crippen LogP contribution in [0.25, 0.3) is 0 Å². The number of ether oxygens (including phenoxy) is 2. The van der Waals surface area contributed by atoms with E-state index in [1.807, 2.05) is 6.07 Å². The Hall–Kier alpha value is -3.40. The Balaban J connectivity index is 1.90. The van der Waals surface area contributed by atoms with Gasteiger partial charge in [0.05, 0.1) is 31.2 Å². The summed E-state index contributed by atoms with van der Waals surface area (Å²) < 4.78 is 55.9. The standard InChI is InChI=1S/C24H20F3NO5S/c1-12-8-17(29)22(23(30)33-12)16-11-21(13-4-6-18(31-2)19(9-13)32-3)34-20-7-5-14(24(25,26)27)10-15(20)28-16/h4-10,21,29H,11H2,1-3H3. The van der Waals surface area contributed by atoms with Gasteiger partial charge in [0.15, 0.2) is 11.5 Å². The summed E-state index contributed by atoms with van der Waals surface area (Å²) in [5.74, 6) is 0.851. The van der Waals surface area contributed by atoms with Crippen LogP contribution < -0.4 is 15.1 Å². The summed E-state index contributed by atoms with van der Waals surface area (Å²) >= 11 is 1.30. The highest BCUT2D eigenvalue weighted by atomic mass is 32.2. The normalized spacial score (nSPS) is 15.8. The van der Waals surface area contributed by atoms with Gasteiger partial charge in [-0.3, -0.25) is 4.99 Å². The molecule has 0 aliphatic carbocycles. The lowest BCUT2D eigenvalue weighted by atomic mass is 10.0. The number of halogens is 3. The first kappa shape index (κ1) is 23.7. The van der Waals surface area contributed by atoms with Crippen LogP contribution in [-0.2, 0) is 6.18 Å². The number of hydrogen-bond acceptors (Lipinski definition) is 7. The van der Waals surface area contributed by atoms with Crippen LogP contribution >= 0.6 is 11.8 Å². The van der Waals surface area contributed by atoms with Gasteiger partial charge in [0.25, 0.3) is 0 Å². The number of aliphatic imine (C=N–C) groups is 1. The zero-order valence-corrected chi connectivity index (χ0v) is 19.2. The van der Waals surface area contributed by atoms with Crippen LogP contribution in [-0.4, -0.2) is 25.0 Å². The van der Waals surface area contributed by atoms with Crippen molar-refractivity contribution in [2.24, 2.45) is 4.99 Å². The SMILES string of the molecule is COc1ccc(C2CC(c3c(O)cc(C)oc3=O)=Nc3cc(C(F)(F)F)ccc3S2)cc1OC. The molecule has 0 fully saturated rings. The molecule has 10 heteroatoms. The average molecular weight is 491 g/mol. The van der Waals surface area contributed by atoms with Gasteiger partial charge in [0.2, 0.25) is 0 Å². The molecular formula is C24H20F3NO5S. The lowest BCUT2D eigenvalue weighted by Crippen LogP contribution is -2.17. The van der Waals surface area contributed by atoms with Gasteiger partial charge in [-0.1, -0.05) is 6.07 Å². The first-order valence-electron chi connectivity index (χ1n) is 10.1. The molecule has 0 bridgehead atoms. The topological polar surface area (TPSA) is 81.3 Å². The Labute approximate surface area is 197 Å². The molecule has 3 aromatic rings. The van der Waals surface area contributed by atoms with Crippen molar-refractivity contribution in [1.82, 2.24) is 0 Å². The van der Waals surface area contributed by atoms with Crippen LogP contribution in [0, 0.1) is 6.92 Å². The van der Waals surface area contributed by atoms with Gasteiger partial charge < -0.3 is 19.0 Å². The van der Waals surface area contributed by atoms with E-state index in [0.29, 0.717) is 16.4 Å². The largest absolute Gasteiger partial charge is 0.507 e. The maximum absolute atomic E-state index is 13.4. The van der Waals surface area contributed by atoms with E-state index in [2.05, 4.69) is 4.99 Å². The fourth-order valence-corrected chi connectivity index (χ4v) is 4.90. The number of rotatable bonds is 4. The molecule has 1 aliphatic rings. The second kappa shape index (κ2) is 9.09. The maximum atomic E-state index is 13.4. The van der Waals surface area contributed by atoms with Crippen LogP contribution in [0.15, 0.2) is 61.6 Å². The van der Waals surface area contributed by atoms with E-state index in [1.54, 1.807) is 12.1 Å². The number of benzene rings is 2. The molecule has 178 valence electrons. The summed E-state index contributed by atoms with van der Waals surface area (Å²) in [5.41, 5.74) is -0.905. The molecule has 0 spiro atoms. The number of fused-ring (bicyclic) bond motifs is 1. The number of alkyl halides is 3. The van der Waals surface area contributed by atoms with Crippen LogP contribution in [0.4, 0.5) is 18.9 Å². The van der Waals surface area contributed by atoms with Crippen molar-refractivity contribution >= 4 is 23.2 Å². The summed E-state index contributed by atoms with van der Waals surface area (Å²) in [4.78, 5) is 17.5. The zero-order valence-electron chi connectivity index (χ0n) is 18.4. The number of aryl methyl sites for hydroxylation is 1. The van der Waals surface area contributed by atoms with Crippen molar-refractivity contribution in [3.05, 3.63) is 75.3 Å². The molecule has 2 aromatic carbocycles. The van der Waals surface area contributed by atoms with Gasteiger partial charge in [-0.15, -0.1) is 11.8 Å². The monoisotopic (exact) mass is 491 g/mol. The van der Waals surface area contributed by atoms with Gasteiger partial charge in [-0.25, -0.2) is 4.79 Å². The van der Waals surface area contributed by atoms with Crippen molar-refractivity contribution in [2.45, 2.75) is 29.7 Å². The van der Waals surface area contributed by atoms with E-state index >= 15 is 0 Å². The van der Waals surface area contributed by atoms with Crippen LogP contribution in [0.3, 0.4) is 0 Å². The predicted octanol–water partition coefficient (Wildman–Crippen LogP) is 6.05. The Morgan fingerprint density at radius 3 is 2.47 bits per heavy atom. The highest BCUT2D eigenvalue weighted by Crippen LogP contribution is 2.48. The van der Waals surface area contributed by atoms with E-state index in [0.717, 1.165) is 17.7 Å². The van der Waals surface area contributed by atoms with Crippen molar-refractivity contribution in [3.63, 3.8) is 0 Å². The van der Waals surface area contributed by atoms with Gasteiger partial charge in [-0.2, -0.15) is 13.2 Å². The highest BCUT2D eigenvalue weighted by molar-refractivity contribution is 7.99. The second-order valence-electron chi connectivity index (χ2n) is 7.57. The molecule has 4 rings (SSSR count). The van der Waals surface area contributed by atoms with Crippen molar-refractivity contribution < 1.29 is 32.2 Å². The third-order valence-electron chi connectivity index (χ3n) is 5.31. The molecule has 34 heavy (non-hydrogen) atoms. The summed E-state index contributed by atoms with van der Waals surface area (Å²) in [6.07, 6.45) is -4.42. The predicted molar refractivity (Wildman–Crippen MR) is 122 cm³/mol. The summed E-state index contributed by atoms with van der Waals surface area (Å²) in [5, 5.41) is 10.1. The molecule has 1 N–H and O–H groups in total. The smallest absolute Gasteiger partial charge is 0.416 e.